The van der Waals surface area contributed by atoms with Crippen molar-refractivity contribution in [1.29, 1.82) is 0 Å². The lowest BCUT2D eigenvalue weighted by Gasteiger charge is -1.98. The van der Waals surface area contributed by atoms with Crippen LogP contribution in [0.1, 0.15) is 0 Å². The maximum absolute atomic E-state index is 10.5. The van der Waals surface area contributed by atoms with Crippen molar-refractivity contribution in [1.82, 2.24) is 0 Å². The number of non-ortho nitro benzene ring substituents is 2. The Kier molecular flexibility index (Phi) is 8.27. The highest BCUT2D eigenvalue weighted by Crippen LogP contribution is 2.15. The average molecular weight is 400 g/mol. The third kappa shape index (κ3) is 9.65. The summed E-state index contributed by atoms with van der Waals surface area (Å²) >= 11 is 0. The van der Waals surface area contributed by atoms with Gasteiger partial charge < -0.3 is 22.6 Å². The molecule has 28 heavy (non-hydrogen) atoms. The van der Waals surface area contributed by atoms with Gasteiger partial charge in [-0.05, 0) is 12.1 Å². The van der Waals surface area contributed by atoms with Gasteiger partial charge in [-0.15, -0.1) is 0 Å². The average Bonchev–Trinajstić information content (AvgIpc) is 2.61. The van der Waals surface area contributed by atoms with E-state index in [0.717, 1.165) is 11.4 Å². The van der Waals surface area contributed by atoms with Crippen LogP contribution in [0, 0.1) is 20.2 Å². The summed E-state index contributed by atoms with van der Waals surface area (Å²) in [7, 11) is -6.00. The van der Waals surface area contributed by atoms with E-state index in [1.807, 2.05) is 0 Å². The molecule has 8 nitrogen and oxygen atoms in total. The van der Waals surface area contributed by atoms with Crippen LogP contribution in [-0.2, 0) is 0 Å². The van der Waals surface area contributed by atoms with Crippen LogP contribution in [-0.4, -0.2) is 23.3 Å². The van der Waals surface area contributed by atoms with Crippen molar-refractivity contribution < 1.29 is 32.1 Å². The van der Waals surface area contributed by atoms with Crippen molar-refractivity contribution >= 4 is 36.2 Å². The van der Waals surface area contributed by atoms with Crippen molar-refractivity contribution in [3.8, 4) is 0 Å². The molecule has 0 heterocycles. The van der Waals surface area contributed by atoms with E-state index < -0.39 is 17.1 Å². The second kappa shape index (κ2) is 10.4. The molecule has 2 aromatic rings. The zero-order valence-corrected chi connectivity index (χ0v) is 14.0. The molecular weight excluding hydrogens is 387 g/mol. The minimum Gasteiger partial charge on any atom is -0.418 e. The summed E-state index contributed by atoms with van der Waals surface area (Å²) in [4.78, 5) is 23.1. The largest absolute Gasteiger partial charge is 0.673 e. The maximum Gasteiger partial charge on any atom is 0.673 e. The molecule has 0 fully saturated rings. The Morgan fingerprint density at radius 1 is 0.857 bits per heavy atom. The van der Waals surface area contributed by atoms with Crippen LogP contribution in [0.25, 0.3) is 0 Å². The monoisotopic (exact) mass is 400 g/mol. The van der Waals surface area contributed by atoms with Crippen molar-refractivity contribution in [3.63, 3.8) is 0 Å². The summed E-state index contributed by atoms with van der Waals surface area (Å²) in [6.07, 6.45) is 5.00. The molecule has 0 bridgehead atoms. The van der Waals surface area contributed by atoms with Crippen LogP contribution >= 0.6 is 0 Å². The summed E-state index contributed by atoms with van der Waals surface area (Å²) in [5.74, 6) is 0. The van der Waals surface area contributed by atoms with Gasteiger partial charge in [0.25, 0.3) is 11.4 Å². The van der Waals surface area contributed by atoms with Gasteiger partial charge in [-0.3, -0.25) is 20.2 Å². The number of halogens is 4. The highest BCUT2D eigenvalue weighted by atomic mass is 19.5. The standard InChI is InChI=1S/C15H12N4O4.BF4/c20-18(21)14-6-2-12(3-7-14)16-10-1-11-17-13-4-8-15(9-5-13)19(22)23;2-1(3,4)5/h1-11,16H;/q;-1/p+1/b10-1+,17-11?;. The summed E-state index contributed by atoms with van der Waals surface area (Å²) in [6, 6.07) is 12.1. The number of nitro benzene ring substituents is 2. The minimum absolute atomic E-state index is 0.0333. The predicted octanol–water partition coefficient (Wildman–Crippen LogP) is 3.21. The van der Waals surface area contributed by atoms with E-state index in [4.69, 9.17) is 0 Å². The Bertz CT molecular complexity index is 850. The Labute approximate surface area is 155 Å². The van der Waals surface area contributed by atoms with Crippen LogP contribution in [0.15, 0.2) is 60.8 Å². The first-order chi connectivity index (χ1) is 13.1. The molecule has 0 saturated heterocycles. The first-order valence-corrected chi connectivity index (χ1v) is 7.44. The number of anilines is 1. The number of hydrogen-bond donors (Lipinski definition) is 2. The molecule has 0 spiro atoms. The smallest absolute Gasteiger partial charge is 0.418 e. The zero-order chi connectivity index (χ0) is 21.2. The molecule has 0 aromatic heterocycles. The second-order valence-corrected chi connectivity index (χ2v) is 4.92. The summed E-state index contributed by atoms with van der Waals surface area (Å²) in [5.41, 5.74) is 1.50. The second-order valence-electron chi connectivity index (χ2n) is 4.92. The number of nitrogens with one attached hydrogen (secondary N) is 2. The van der Waals surface area contributed by atoms with Gasteiger partial charge in [0, 0.05) is 54.4 Å². The fourth-order valence-electron chi connectivity index (χ4n) is 1.70. The molecule has 13 heteroatoms. The zero-order valence-electron chi connectivity index (χ0n) is 14.0. The number of nitrogens with zero attached hydrogens (tertiary/aromatic N) is 2. The molecule has 0 aliphatic rings. The van der Waals surface area contributed by atoms with Crippen LogP contribution in [0.4, 0.5) is 40.0 Å². The Morgan fingerprint density at radius 2 is 1.29 bits per heavy atom. The first-order valence-electron chi connectivity index (χ1n) is 7.44. The van der Waals surface area contributed by atoms with Crippen LogP contribution < -0.4 is 10.3 Å². The van der Waals surface area contributed by atoms with Gasteiger partial charge in [0.15, 0.2) is 6.21 Å². The highest BCUT2D eigenvalue weighted by Gasteiger charge is 2.20. The number of benzene rings is 2. The lowest BCUT2D eigenvalue weighted by atomic mass is 10.3. The molecule has 0 saturated carbocycles. The maximum atomic E-state index is 10.5. The van der Waals surface area contributed by atoms with Gasteiger partial charge in [-0.25, -0.2) is 4.99 Å². The predicted molar refractivity (Wildman–Crippen MR) is 95.8 cm³/mol. The fraction of sp³-hybridized carbons (Fsp3) is 0. The molecule has 2 rings (SSSR count). The fourth-order valence-corrected chi connectivity index (χ4v) is 1.70. The van der Waals surface area contributed by atoms with Gasteiger partial charge in [0.2, 0.25) is 5.69 Å². The van der Waals surface area contributed by atoms with Gasteiger partial charge in [-0.2, -0.15) is 0 Å². The van der Waals surface area contributed by atoms with Gasteiger partial charge in [-0.1, -0.05) is 0 Å². The molecular formula is C15H13BF4N4O4. The molecule has 0 aliphatic heterocycles. The lowest BCUT2D eigenvalue weighted by Crippen LogP contribution is -2.60. The quantitative estimate of drug-likeness (QED) is 0.254. The summed E-state index contributed by atoms with van der Waals surface area (Å²) in [6.45, 7) is 0. The van der Waals surface area contributed by atoms with Crippen LogP contribution in [0.3, 0.4) is 0 Å². The molecule has 2 aromatic carbocycles. The molecule has 0 aliphatic carbocycles. The SMILES string of the molecule is F[B-](F)(F)F.O=[N+]([O-])c1ccc(N/C=C/C=[NH+]c2ccc([N+](=O)[O-])cc2)cc1. The molecule has 0 amide bonds. The van der Waals surface area contributed by atoms with E-state index in [9.17, 15) is 37.5 Å². The van der Waals surface area contributed by atoms with E-state index >= 15 is 0 Å². The summed E-state index contributed by atoms with van der Waals surface area (Å²) < 4.78 is 39.0. The van der Waals surface area contributed by atoms with Gasteiger partial charge >= 0.3 is 7.25 Å². The topological polar surface area (TPSA) is 112 Å². The van der Waals surface area contributed by atoms with Crippen molar-refractivity contribution in [3.05, 3.63) is 81.0 Å². The number of rotatable bonds is 6. The Hall–Kier alpha value is -3.77. The van der Waals surface area contributed by atoms with E-state index in [1.54, 1.807) is 42.8 Å². The minimum atomic E-state index is -6.00. The van der Waals surface area contributed by atoms with E-state index in [0.29, 0.717) is 0 Å². The lowest BCUT2D eigenvalue weighted by molar-refractivity contribution is -0.385. The number of allylic oxidation sites excluding steroid dienone is 1. The van der Waals surface area contributed by atoms with Crippen LogP contribution in [0.5, 0.6) is 0 Å². The molecule has 148 valence electrons. The number of nitro groups is 2. The van der Waals surface area contributed by atoms with Crippen LogP contribution in [0.2, 0.25) is 0 Å². The van der Waals surface area contributed by atoms with E-state index in [2.05, 4.69) is 10.3 Å². The molecule has 2 N–H and O–H groups in total. The normalized spacial score (nSPS) is 11.1. The van der Waals surface area contributed by atoms with Crippen molar-refractivity contribution in [2.75, 3.05) is 5.32 Å². The molecule has 0 atom stereocenters. The third-order valence-corrected chi connectivity index (χ3v) is 2.85. The third-order valence-electron chi connectivity index (χ3n) is 2.85. The van der Waals surface area contributed by atoms with Gasteiger partial charge in [0.1, 0.15) is 0 Å². The van der Waals surface area contributed by atoms with Gasteiger partial charge in [0.05, 0.1) is 9.85 Å². The highest BCUT2D eigenvalue weighted by molar-refractivity contribution is 6.50. The summed E-state index contributed by atoms with van der Waals surface area (Å²) in [5, 5.41) is 24.0. The Balaban J connectivity index is 0.000000696. The molecule has 0 unspecified atom stereocenters. The van der Waals surface area contributed by atoms with E-state index in [1.165, 1.54) is 24.3 Å². The number of hydrogen-bond acceptors (Lipinski definition) is 5. The van der Waals surface area contributed by atoms with Crippen molar-refractivity contribution in [2.45, 2.75) is 0 Å². The Morgan fingerprint density at radius 3 is 1.71 bits per heavy atom. The first kappa shape index (κ1) is 22.3. The van der Waals surface area contributed by atoms with E-state index in [-0.39, 0.29) is 11.4 Å². The van der Waals surface area contributed by atoms with Crippen molar-refractivity contribution in [2.24, 2.45) is 0 Å². The molecule has 0 radical (unpaired) electrons.